The zero-order chi connectivity index (χ0) is 14.8. The summed E-state index contributed by atoms with van der Waals surface area (Å²) in [6, 6.07) is 13.4. The summed E-state index contributed by atoms with van der Waals surface area (Å²) in [6.07, 6.45) is 0.783. The summed E-state index contributed by atoms with van der Waals surface area (Å²) in [5, 5.41) is 9.99. The first-order chi connectivity index (χ1) is 10.1. The summed E-state index contributed by atoms with van der Waals surface area (Å²) in [5.41, 5.74) is 3.77. The molecule has 1 heterocycles. The lowest BCUT2D eigenvalue weighted by Gasteiger charge is -2.29. The molecule has 3 rings (SSSR count). The van der Waals surface area contributed by atoms with E-state index in [1.165, 1.54) is 5.56 Å². The zero-order valence-electron chi connectivity index (χ0n) is 11.6. The molecule has 0 unspecified atom stereocenters. The van der Waals surface area contributed by atoms with E-state index in [1.807, 2.05) is 36.4 Å². The van der Waals surface area contributed by atoms with Gasteiger partial charge < -0.3 is 5.11 Å². The van der Waals surface area contributed by atoms with E-state index < -0.39 is 5.97 Å². The lowest BCUT2D eigenvalue weighted by atomic mass is 9.94. The van der Waals surface area contributed by atoms with Crippen molar-refractivity contribution in [2.75, 3.05) is 6.54 Å². The van der Waals surface area contributed by atoms with Gasteiger partial charge in [0.2, 0.25) is 0 Å². The molecule has 2 aromatic rings. The number of fused-ring (bicyclic) bond motifs is 1. The van der Waals surface area contributed by atoms with Crippen molar-refractivity contribution in [1.29, 1.82) is 0 Å². The van der Waals surface area contributed by atoms with Crippen LogP contribution in [0.15, 0.2) is 42.5 Å². The number of aromatic carboxylic acids is 1. The summed E-state index contributed by atoms with van der Waals surface area (Å²) in [7, 11) is 0. The van der Waals surface area contributed by atoms with E-state index in [0.29, 0.717) is 5.56 Å². The minimum Gasteiger partial charge on any atom is -0.478 e. The molecule has 0 aromatic heterocycles. The Morgan fingerprint density at radius 2 is 1.95 bits per heavy atom. The van der Waals surface area contributed by atoms with Gasteiger partial charge in [-0.2, -0.15) is 0 Å². The van der Waals surface area contributed by atoms with Crippen LogP contribution in [-0.4, -0.2) is 22.5 Å². The van der Waals surface area contributed by atoms with E-state index in [9.17, 15) is 9.90 Å². The molecule has 0 spiro atoms. The molecule has 0 radical (unpaired) electrons. The minimum absolute atomic E-state index is 0.443. The molecule has 2 aromatic carbocycles. The third kappa shape index (κ3) is 3.09. The monoisotopic (exact) mass is 301 g/mol. The van der Waals surface area contributed by atoms with Gasteiger partial charge in [-0.05, 0) is 41.3 Å². The van der Waals surface area contributed by atoms with Gasteiger partial charge in [-0.1, -0.05) is 35.9 Å². The van der Waals surface area contributed by atoms with Gasteiger partial charge in [0.15, 0.2) is 0 Å². The zero-order valence-corrected chi connectivity index (χ0v) is 12.3. The highest BCUT2D eigenvalue weighted by molar-refractivity contribution is 6.30. The van der Waals surface area contributed by atoms with Crippen LogP contribution in [-0.2, 0) is 19.5 Å². The number of carboxylic acid groups (broad SMARTS) is 1. The fourth-order valence-electron chi connectivity index (χ4n) is 2.85. The molecular weight excluding hydrogens is 286 g/mol. The van der Waals surface area contributed by atoms with Gasteiger partial charge in [0.1, 0.15) is 0 Å². The molecule has 0 saturated carbocycles. The van der Waals surface area contributed by atoms with Crippen molar-refractivity contribution in [3.05, 3.63) is 69.7 Å². The molecule has 108 valence electrons. The fraction of sp³-hybridized carbons (Fsp3) is 0.235. The maximum absolute atomic E-state index is 11.3. The normalized spacial score (nSPS) is 14.7. The average Bonchev–Trinajstić information content (AvgIpc) is 2.48. The van der Waals surface area contributed by atoms with E-state index in [4.69, 9.17) is 11.6 Å². The summed E-state index contributed by atoms with van der Waals surface area (Å²) in [5.74, 6) is -0.835. The number of carbonyl (C=O) groups is 1. The molecule has 0 amide bonds. The SMILES string of the molecule is O=C(O)c1cccc2c1CCN(Cc1ccc(Cl)cc1)C2. The summed E-state index contributed by atoms with van der Waals surface area (Å²) >= 11 is 5.90. The maximum atomic E-state index is 11.3. The molecular formula is C17H16ClNO2. The summed E-state index contributed by atoms with van der Waals surface area (Å²) in [6.45, 7) is 2.52. The minimum atomic E-state index is -0.835. The molecule has 0 aliphatic carbocycles. The topological polar surface area (TPSA) is 40.5 Å². The fourth-order valence-corrected chi connectivity index (χ4v) is 2.98. The second-order valence-corrected chi connectivity index (χ2v) is 5.77. The van der Waals surface area contributed by atoms with Crippen LogP contribution in [0.25, 0.3) is 0 Å². The first kappa shape index (κ1) is 14.1. The Kier molecular flexibility index (Phi) is 3.95. The second-order valence-electron chi connectivity index (χ2n) is 5.34. The first-order valence-electron chi connectivity index (χ1n) is 6.94. The van der Waals surface area contributed by atoms with Gasteiger partial charge in [-0.3, -0.25) is 4.90 Å². The van der Waals surface area contributed by atoms with E-state index in [-0.39, 0.29) is 0 Å². The van der Waals surface area contributed by atoms with E-state index in [0.717, 1.165) is 42.2 Å². The Hall–Kier alpha value is -1.84. The third-order valence-electron chi connectivity index (χ3n) is 3.89. The summed E-state index contributed by atoms with van der Waals surface area (Å²) < 4.78 is 0. The molecule has 0 atom stereocenters. The quantitative estimate of drug-likeness (QED) is 0.942. The highest BCUT2D eigenvalue weighted by Gasteiger charge is 2.21. The molecule has 4 heteroatoms. The van der Waals surface area contributed by atoms with Crippen molar-refractivity contribution in [3.63, 3.8) is 0 Å². The summed E-state index contributed by atoms with van der Waals surface area (Å²) in [4.78, 5) is 13.6. The number of carboxylic acids is 1. The highest BCUT2D eigenvalue weighted by Crippen LogP contribution is 2.24. The van der Waals surface area contributed by atoms with Crippen LogP contribution in [0, 0.1) is 0 Å². The predicted octanol–water partition coefficient (Wildman–Crippen LogP) is 3.60. The number of benzene rings is 2. The highest BCUT2D eigenvalue weighted by atomic mass is 35.5. The first-order valence-corrected chi connectivity index (χ1v) is 7.32. The standard InChI is InChI=1S/C17H16ClNO2/c18-14-6-4-12(5-7-14)10-19-9-8-15-13(11-19)2-1-3-16(15)17(20)21/h1-7H,8-11H2,(H,20,21). The van der Waals surface area contributed by atoms with Crippen LogP contribution in [0.2, 0.25) is 5.02 Å². The predicted molar refractivity (Wildman–Crippen MR) is 82.7 cm³/mol. The van der Waals surface area contributed by atoms with Crippen LogP contribution in [0.3, 0.4) is 0 Å². The van der Waals surface area contributed by atoms with Crippen LogP contribution in [0.5, 0.6) is 0 Å². The Morgan fingerprint density at radius 3 is 2.67 bits per heavy atom. The van der Waals surface area contributed by atoms with Crippen molar-refractivity contribution >= 4 is 17.6 Å². The Bertz CT molecular complexity index is 667. The van der Waals surface area contributed by atoms with E-state index in [2.05, 4.69) is 4.90 Å². The molecule has 0 saturated heterocycles. The van der Waals surface area contributed by atoms with Gasteiger partial charge in [0.05, 0.1) is 5.56 Å². The van der Waals surface area contributed by atoms with Crippen molar-refractivity contribution in [1.82, 2.24) is 4.90 Å². The third-order valence-corrected chi connectivity index (χ3v) is 4.15. The molecule has 0 bridgehead atoms. The molecule has 0 fully saturated rings. The molecule has 3 nitrogen and oxygen atoms in total. The van der Waals surface area contributed by atoms with Gasteiger partial charge in [0, 0.05) is 24.7 Å². The largest absolute Gasteiger partial charge is 0.478 e. The lowest BCUT2D eigenvalue weighted by molar-refractivity contribution is 0.0694. The molecule has 21 heavy (non-hydrogen) atoms. The lowest BCUT2D eigenvalue weighted by Crippen LogP contribution is -2.31. The van der Waals surface area contributed by atoms with E-state index in [1.54, 1.807) is 6.07 Å². The molecule has 1 N–H and O–H groups in total. The van der Waals surface area contributed by atoms with Crippen molar-refractivity contribution in [3.8, 4) is 0 Å². The van der Waals surface area contributed by atoms with Crippen LogP contribution < -0.4 is 0 Å². The molecule has 1 aliphatic rings. The Morgan fingerprint density at radius 1 is 1.19 bits per heavy atom. The number of hydrogen-bond donors (Lipinski definition) is 1. The smallest absolute Gasteiger partial charge is 0.335 e. The number of rotatable bonds is 3. The number of hydrogen-bond acceptors (Lipinski definition) is 2. The molecule has 1 aliphatic heterocycles. The average molecular weight is 302 g/mol. The number of halogens is 1. The van der Waals surface area contributed by atoms with Crippen molar-refractivity contribution < 1.29 is 9.90 Å². The van der Waals surface area contributed by atoms with Gasteiger partial charge in [-0.25, -0.2) is 4.79 Å². The number of nitrogens with zero attached hydrogens (tertiary/aromatic N) is 1. The Labute approximate surface area is 128 Å². The van der Waals surface area contributed by atoms with Crippen molar-refractivity contribution in [2.24, 2.45) is 0 Å². The van der Waals surface area contributed by atoms with Crippen molar-refractivity contribution in [2.45, 2.75) is 19.5 Å². The van der Waals surface area contributed by atoms with Gasteiger partial charge in [-0.15, -0.1) is 0 Å². The van der Waals surface area contributed by atoms with E-state index >= 15 is 0 Å². The van der Waals surface area contributed by atoms with Crippen LogP contribution >= 0.6 is 11.6 Å². The van der Waals surface area contributed by atoms with Gasteiger partial charge >= 0.3 is 5.97 Å². The second kappa shape index (κ2) is 5.88. The maximum Gasteiger partial charge on any atom is 0.335 e. The van der Waals surface area contributed by atoms with Gasteiger partial charge in [0.25, 0.3) is 0 Å². The van der Waals surface area contributed by atoms with Crippen LogP contribution in [0.1, 0.15) is 27.0 Å². The van der Waals surface area contributed by atoms with Crippen LogP contribution in [0.4, 0.5) is 0 Å². The Balaban J connectivity index is 1.77.